The van der Waals surface area contributed by atoms with E-state index in [1.165, 1.54) is 7.05 Å². The smallest absolute Gasteiger partial charge is 0.261 e. The molecule has 0 rings (SSSR count). The van der Waals surface area contributed by atoms with Gasteiger partial charge in [0.25, 0.3) is 5.91 Å². The summed E-state index contributed by atoms with van der Waals surface area (Å²) in [4.78, 5) is 11.0. The topological polar surface area (TPSA) is 52.9 Å². The van der Waals surface area contributed by atoms with E-state index in [4.69, 9.17) is 5.26 Å². The normalized spacial score (nSPS) is 12.1. The molecule has 66 valence electrons. The average molecular weight is 166 g/mol. The van der Waals surface area contributed by atoms with Crippen molar-refractivity contribution in [3.8, 4) is 6.07 Å². The lowest BCUT2D eigenvalue weighted by molar-refractivity contribution is -0.116. The molecule has 0 aliphatic rings. The molecule has 0 aromatic carbocycles. The molecule has 1 N–H and O–H groups in total. The lowest BCUT2D eigenvalue weighted by Gasteiger charge is -2.12. The first kappa shape index (κ1) is 10.7. The SMILES string of the molecule is CNC(=O)/C(C#N)=C/C(C)(C)C. The molecule has 0 bridgehead atoms. The second-order valence-electron chi connectivity index (χ2n) is 3.61. The number of nitrogens with one attached hydrogen (secondary N) is 1. The first-order valence-corrected chi connectivity index (χ1v) is 3.76. The lowest BCUT2D eigenvalue weighted by Crippen LogP contribution is -2.20. The molecule has 0 radical (unpaired) electrons. The third kappa shape index (κ3) is 3.77. The van der Waals surface area contributed by atoms with E-state index >= 15 is 0 Å². The number of allylic oxidation sites excluding steroid dienone is 1. The largest absolute Gasteiger partial charge is 0.354 e. The van der Waals surface area contributed by atoms with E-state index in [1.54, 1.807) is 6.08 Å². The van der Waals surface area contributed by atoms with Crippen LogP contribution < -0.4 is 5.32 Å². The quantitative estimate of drug-likeness (QED) is 0.470. The molecule has 3 nitrogen and oxygen atoms in total. The van der Waals surface area contributed by atoms with Crippen LogP contribution in [-0.2, 0) is 4.79 Å². The molecular formula is C9H14N2O. The Hall–Kier alpha value is -1.30. The fourth-order valence-electron chi connectivity index (χ4n) is 0.716. The average Bonchev–Trinajstić information content (AvgIpc) is 1.97. The molecule has 0 fully saturated rings. The molecule has 0 aliphatic heterocycles. The van der Waals surface area contributed by atoms with Crippen LogP contribution in [0, 0.1) is 16.7 Å². The van der Waals surface area contributed by atoms with Crippen LogP contribution in [0.3, 0.4) is 0 Å². The van der Waals surface area contributed by atoms with Crippen molar-refractivity contribution in [1.82, 2.24) is 5.32 Å². The Kier molecular flexibility index (Phi) is 3.49. The molecule has 0 aliphatic carbocycles. The Morgan fingerprint density at radius 2 is 2.00 bits per heavy atom. The summed E-state index contributed by atoms with van der Waals surface area (Å²) in [6, 6.07) is 1.86. The van der Waals surface area contributed by atoms with Crippen molar-refractivity contribution in [1.29, 1.82) is 5.26 Å². The van der Waals surface area contributed by atoms with E-state index < -0.39 is 0 Å². The molecule has 0 heterocycles. The zero-order chi connectivity index (χ0) is 9.78. The van der Waals surface area contributed by atoms with Gasteiger partial charge in [-0.15, -0.1) is 0 Å². The van der Waals surface area contributed by atoms with Gasteiger partial charge in [-0.25, -0.2) is 0 Å². The highest BCUT2D eigenvalue weighted by molar-refractivity contribution is 5.97. The molecule has 0 aromatic rings. The number of amides is 1. The summed E-state index contributed by atoms with van der Waals surface area (Å²) < 4.78 is 0. The van der Waals surface area contributed by atoms with Gasteiger partial charge < -0.3 is 5.32 Å². The maximum Gasteiger partial charge on any atom is 0.261 e. The summed E-state index contributed by atoms with van der Waals surface area (Å²) in [5.74, 6) is -0.326. The predicted octanol–water partition coefficient (Wildman–Crippen LogP) is 1.23. The van der Waals surface area contributed by atoms with Gasteiger partial charge in [0.05, 0.1) is 0 Å². The van der Waals surface area contributed by atoms with Gasteiger partial charge in [0.2, 0.25) is 0 Å². The van der Waals surface area contributed by atoms with E-state index in [2.05, 4.69) is 5.32 Å². The van der Waals surface area contributed by atoms with Crippen LogP contribution in [0.4, 0.5) is 0 Å². The zero-order valence-electron chi connectivity index (χ0n) is 7.93. The van der Waals surface area contributed by atoms with E-state index in [9.17, 15) is 4.79 Å². The minimum atomic E-state index is -0.326. The van der Waals surface area contributed by atoms with E-state index in [0.717, 1.165) is 0 Å². The molecule has 12 heavy (non-hydrogen) atoms. The monoisotopic (exact) mass is 166 g/mol. The first-order valence-electron chi connectivity index (χ1n) is 3.76. The van der Waals surface area contributed by atoms with Gasteiger partial charge in [0.1, 0.15) is 11.6 Å². The first-order chi connectivity index (χ1) is 5.40. The summed E-state index contributed by atoms with van der Waals surface area (Å²) in [6.07, 6.45) is 1.66. The molecule has 0 aromatic heterocycles. The van der Waals surface area contributed by atoms with Gasteiger partial charge in [0.15, 0.2) is 0 Å². The summed E-state index contributed by atoms with van der Waals surface area (Å²) in [5.41, 5.74) is 0.0300. The maximum atomic E-state index is 11.0. The van der Waals surface area contributed by atoms with Gasteiger partial charge in [0, 0.05) is 7.05 Å². The van der Waals surface area contributed by atoms with Crippen molar-refractivity contribution >= 4 is 5.91 Å². The summed E-state index contributed by atoms with van der Waals surface area (Å²) in [7, 11) is 1.51. The Morgan fingerprint density at radius 1 is 1.50 bits per heavy atom. The minimum Gasteiger partial charge on any atom is -0.354 e. The van der Waals surface area contributed by atoms with Crippen LogP contribution in [-0.4, -0.2) is 13.0 Å². The van der Waals surface area contributed by atoms with Gasteiger partial charge in [-0.3, -0.25) is 4.79 Å². The molecule has 0 unspecified atom stereocenters. The number of carbonyl (C=O) groups is 1. The van der Waals surface area contributed by atoms with Crippen molar-refractivity contribution in [3.05, 3.63) is 11.6 Å². The van der Waals surface area contributed by atoms with Crippen LogP contribution in [0.25, 0.3) is 0 Å². The number of carbonyl (C=O) groups excluding carboxylic acids is 1. The summed E-state index contributed by atoms with van der Waals surface area (Å²) >= 11 is 0. The zero-order valence-corrected chi connectivity index (χ0v) is 7.93. The highest BCUT2D eigenvalue weighted by Crippen LogP contribution is 2.17. The fourth-order valence-corrected chi connectivity index (χ4v) is 0.716. The number of hydrogen-bond acceptors (Lipinski definition) is 2. The molecule has 0 saturated carbocycles. The Balaban J connectivity index is 4.71. The van der Waals surface area contributed by atoms with Crippen LogP contribution in [0.5, 0.6) is 0 Å². The third-order valence-electron chi connectivity index (χ3n) is 1.17. The van der Waals surface area contributed by atoms with Gasteiger partial charge in [-0.1, -0.05) is 26.8 Å². The molecule has 3 heteroatoms. The van der Waals surface area contributed by atoms with Crippen LogP contribution in [0.2, 0.25) is 0 Å². The number of hydrogen-bond donors (Lipinski definition) is 1. The minimum absolute atomic E-state index is 0.141. The molecule has 0 spiro atoms. The van der Waals surface area contributed by atoms with Crippen molar-refractivity contribution in [2.24, 2.45) is 5.41 Å². The molecule has 1 amide bonds. The van der Waals surface area contributed by atoms with E-state index in [1.807, 2.05) is 26.8 Å². The van der Waals surface area contributed by atoms with Crippen molar-refractivity contribution in [2.45, 2.75) is 20.8 Å². The number of nitrogens with zero attached hydrogens (tertiary/aromatic N) is 1. The summed E-state index contributed by atoms with van der Waals surface area (Å²) in [6.45, 7) is 5.81. The van der Waals surface area contributed by atoms with Gasteiger partial charge in [-0.2, -0.15) is 5.26 Å². The van der Waals surface area contributed by atoms with Crippen LogP contribution in [0.15, 0.2) is 11.6 Å². The summed E-state index contributed by atoms with van der Waals surface area (Å²) in [5, 5.41) is 11.0. The Morgan fingerprint density at radius 3 is 2.25 bits per heavy atom. The number of rotatable bonds is 1. The predicted molar refractivity (Wildman–Crippen MR) is 47.2 cm³/mol. The van der Waals surface area contributed by atoms with Crippen molar-refractivity contribution in [3.63, 3.8) is 0 Å². The fraction of sp³-hybridized carbons (Fsp3) is 0.556. The van der Waals surface area contributed by atoms with Gasteiger partial charge in [-0.05, 0) is 5.41 Å². The van der Waals surface area contributed by atoms with Crippen LogP contribution >= 0.6 is 0 Å². The van der Waals surface area contributed by atoms with Crippen LogP contribution in [0.1, 0.15) is 20.8 Å². The Bertz CT molecular complexity index is 240. The number of nitriles is 1. The second kappa shape index (κ2) is 3.91. The van der Waals surface area contributed by atoms with Crippen molar-refractivity contribution in [2.75, 3.05) is 7.05 Å². The highest BCUT2D eigenvalue weighted by Gasteiger charge is 2.12. The second-order valence-corrected chi connectivity index (χ2v) is 3.61. The van der Waals surface area contributed by atoms with E-state index in [-0.39, 0.29) is 16.9 Å². The Labute approximate surface area is 73.1 Å². The lowest BCUT2D eigenvalue weighted by atomic mass is 9.93. The van der Waals surface area contributed by atoms with Gasteiger partial charge >= 0.3 is 0 Å². The number of likely N-dealkylation sites (N-methyl/N-ethyl adjacent to an activating group) is 1. The third-order valence-corrected chi connectivity index (χ3v) is 1.17. The molecule has 0 saturated heterocycles. The van der Waals surface area contributed by atoms with E-state index in [0.29, 0.717) is 0 Å². The molecular weight excluding hydrogens is 152 g/mol. The van der Waals surface area contributed by atoms with Crippen molar-refractivity contribution < 1.29 is 4.79 Å². The standard InChI is InChI=1S/C9H14N2O/c1-9(2,3)5-7(6-10)8(12)11-4/h5H,1-4H3,(H,11,12)/b7-5+. The molecule has 0 atom stereocenters. The highest BCUT2D eigenvalue weighted by atomic mass is 16.1. The maximum absolute atomic E-state index is 11.0.